The highest BCUT2D eigenvalue weighted by Gasteiger charge is 2.05. The molecule has 0 aliphatic heterocycles. The molecule has 0 atom stereocenters. The number of aliphatic hydroxyl groups is 2. The van der Waals surface area contributed by atoms with Crippen LogP contribution >= 0.6 is 7.82 Å². The van der Waals surface area contributed by atoms with E-state index in [1.807, 2.05) is 0 Å². The van der Waals surface area contributed by atoms with Gasteiger partial charge in [0.15, 0.2) is 0 Å². The van der Waals surface area contributed by atoms with Crippen LogP contribution in [0.5, 0.6) is 0 Å². The van der Waals surface area contributed by atoms with Crippen LogP contribution in [-0.2, 0) is 14.2 Å². The van der Waals surface area contributed by atoms with Gasteiger partial charge in [-0.3, -0.25) is 9.68 Å². The number of rotatable bonds is 21. The Bertz CT molecular complexity index is 354. The zero-order valence-corrected chi connectivity index (χ0v) is 19.7. The number of unbranched alkanes of at least 4 members (excludes halogenated alkanes) is 13. The Morgan fingerprint density at radius 2 is 0.933 bits per heavy atom. The average Bonchev–Trinajstić information content (AvgIpc) is 2.68. The molecule has 0 aliphatic rings. The summed E-state index contributed by atoms with van der Waals surface area (Å²) in [6.45, 7) is 3.34. The number of nitrogens with zero attached hydrogens (tertiary/aromatic N) is 1. The van der Waals surface area contributed by atoms with E-state index < -0.39 is 7.82 Å². The summed E-state index contributed by atoms with van der Waals surface area (Å²) in [5.41, 5.74) is 0. The summed E-state index contributed by atoms with van der Waals surface area (Å²) in [6, 6.07) is 0. The lowest BCUT2D eigenvalue weighted by molar-refractivity contribution is -0.371. The van der Waals surface area contributed by atoms with Crippen molar-refractivity contribution in [3.63, 3.8) is 0 Å². The third-order valence-electron chi connectivity index (χ3n) is 4.35. The molecule has 0 saturated heterocycles. The molecule has 0 aromatic carbocycles. The molecular weight excluding hydrogens is 413 g/mol. The van der Waals surface area contributed by atoms with Crippen molar-refractivity contribution in [1.29, 1.82) is 0 Å². The molecular formula is C20H46NO8P. The molecule has 5 N–H and O–H groups in total. The first kappa shape index (κ1) is 32.1. The summed E-state index contributed by atoms with van der Waals surface area (Å²) >= 11 is 0. The number of hydrogen-bond donors (Lipinski definition) is 5. The number of hydrogen-bond acceptors (Lipinski definition) is 6. The van der Waals surface area contributed by atoms with Crippen LogP contribution in [0.25, 0.3) is 0 Å². The molecule has 30 heavy (non-hydrogen) atoms. The zero-order chi connectivity index (χ0) is 22.9. The topological polar surface area (TPSA) is 140 Å². The van der Waals surface area contributed by atoms with E-state index in [-0.39, 0.29) is 26.4 Å². The van der Waals surface area contributed by atoms with Crippen molar-refractivity contribution in [2.75, 3.05) is 33.0 Å². The fourth-order valence-electron chi connectivity index (χ4n) is 2.89. The van der Waals surface area contributed by atoms with Crippen LogP contribution in [-0.4, -0.2) is 63.1 Å². The van der Waals surface area contributed by atoms with Gasteiger partial charge in [-0.25, -0.2) is 4.57 Å². The minimum Gasteiger partial charge on any atom is -0.394 e. The molecule has 0 fully saturated rings. The highest BCUT2D eigenvalue weighted by molar-refractivity contribution is 7.45. The van der Waals surface area contributed by atoms with Crippen LogP contribution < -0.4 is 0 Å². The molecule has 0 amide bonds. The molecule has 9 nitrogen and oxygen atoms in total. The minimum atomic E-state index is -4.64. The van der Waals surface area contributed by atoms with Gasteiger partial charge in [0, 0.05) is 0 Å². The summed E-state index contributed by atoms with van der Waals surface area (Å²) in [5.74, 6) is 0. The van der Waals surface area contributed by atoms with Crippen LogP contribution in [0.15, 0.2) is 0 Å². The second kappa shape index (κ2) is 25.2. The maximum absolute atomic E-state index is 8.88. The van der Waals surface area contributed by atoms with Crippen molar-refractivity contribution in [3.05, 3.63) is 0 Å². The van der Waals surface area contributed by atoms with Gasteiger partial charge in [0.05, 0.1) is 33.0 Å². The second-order valence-electron chi connectivity index (χ2n) is 7.28. The Balaban J connectivity index is 0. The zero-order valence-electron chi connectivity index (χ0n) is 18.8. The number of phosphoric acid groups is 1. The third-order valence-corrected chi connectivity index (χ3v) is 4.35. The second-order valence-corrected chi connectivity index (χ2v) is 8.31. The van der Waals surface area contributed by atoms with Gasteiger partial charge in [-0.15, -0.1) is 0 Å². The van der Waals surface area contributed by atoms with E-state index in [1.54, 1.807) is 0 Å². The maximum Gasteiger partial charge on any atom is 0.466 e. The first-order valence-electron chi connectivity index (χ1n) is 11.4. The van der Waals surface area contributed by atoms with Gasteiger partial charge in [0.25, 0.3) is 0 Å². The van der Waals surface area contributed by atoms with E-state index in [4.69, 9.17) is 39.1 Å². The first-order chi connectivity index (χ1) is 14.3. The Kier molecular flexibility index (Phi) is 26.9. The third kappa shape index (κ3) is 35.4. The summed E-state index contributed by atoms with van der Waals surface area (Å²) in [4.78, 5) is 32.1. The fraction of sp³-hybridized carbons (Fsp3) is 1.00. The van der Waals surface area contributed by atoms with Crippen molar-refractivity contribution in [2.45, 2.75) is 96.8 Å². The Labute approximate surface area is 182 Å². The first-order valence-corrected chi connectivity index (χ1v) is 12.9. The molecule has 0 heterocycles. The van der Waals surface area contributed by atoms with Gasteiger partial charge in [0.1, 0.15) is 0 Å². The molecule has 0 spiro atoms. The normalized spacial score (nSPS) is 11.6. The van der Waals surface area contributed by atoms with Crippen LogP contribution in [0, 0.1) is 0 Å². The van der Waals surface area contributed by atoms with Gasteiger partial charge in [0.2, 0.25) is 0 Å². The molecule has 10 heteroatoms. The highest BCUT2D eigenvalue weighted by atomic mass is 31.2. The molecule has 184 valence electrons. The lowest BCUT2D eigenvalue weighted by Gasteiger charge is -2.20. The van der Waals surface area contributed by atoms with Gasteiger partial charge in [-0.05, 0) is 6.42 Å². The Morgan fingerprint density at radius 1 is 0.633 bits per heavy atom. The molecule has 0 unspecified atom stereocenters. The van der Waals surface area contributed by atoms with Crippen LogP contribution in [0.1, 0.15) is 96.8 Å². The predicted molar refractivity (Wildman–Crippen MR) is 117 cm³/mol. The Hall–Kier alpha value is -0.0900. The highest BCUT2D eigenvalue weighted by Crippen LogP contribution is 2.25. The summed E-state index contributed by atoms with van der Waals surface area (Å²) in [6.07, 6.45) is 18.7. The van der Waals surface area contributed by atoms with Crippen LogP contribution in [0.4, 0.5) is 0 Å². The van der Waals surface area contributed by atoms with Crippen molar-refractivity contribution in [3.8, 4) is 0 Å². The SMILES string of the molecule is CCCCCCCCCCCCCCCCN(OCCO)OCCO.O=P(O)(O)O. The van der Waals surface area contributed by atoms with E-state index in [0.717, 1.165) is 6.42 Å². The lowest BCUT2D eigenvalue weighted by Crippen LogP contribution is -2.28. The minimum absolute atomic E-state index is 0.0300. The van der Waals surface area contributed by atoms with Crippen LogP contribution in [0.3, 0.4) is 0 Å². The standard InChI is InChI=1S/C20H43NO4.H3O4P/c1-2-3-4-5-6-7-8-9-10-11-12-13-14-15-16-21(24-19-17-22)25-20-18-23;1-5(2,3)4/h22-23H,2-20H2,1H3;(H3,1,2,3,4). The molecule has 0 rings (SSSR count). The fourth-order valence-corrected chi connectivity index (χ4v) is 2.89. The average molecular weight is 460 g/mol. The number of aliphatic hydroxyl groups excluding tert-OH is 2. The Morgan fingerprint density at radius 3 is 1.23 bits per heavy atom. The molecule has 0 radical (unpaired) electrons. The molecule has 0 aromatic rings. The monoisotopic (exact) mass is 459 g/mol. The summed E-state index contributed by atoms with van der Waals surface area (Å²) < 4.78 is 8.88. The van der Waals surface area contributed by atoms with E-state index in [0.29, 0.717) is 6.54 Å². The predicted octanol–water partition coefficient (Wildman–Crippen LogP) is 3.69. The summed E-state index contributed by atoms with van der Waals surface area (Å²) in [5, 5.41) is 19.0. The van der Waals surface area contributed by atoms with Crippen LogP contribution in [0.2, 0.25) is 0 Å². The van der Waals surface area contributed by atoms with E-state index in [1.165, 1.54) is 88.7 Å². The van der Waals surface area contributed by atoms with E-state index in [9.17, 15) is 0 Å². The summed E-state index contributed by atoms with van der Waals surface area (Å²) in [7, 11) is -4.64. The molecule has 0 saturated carbocycles. The van der Waals surface area contributed by atoms with Crippen molar-refractivity contribution >= 4 is 7.82 Å². The smallest absolute Gasteiger partial charge is 0.394 e. The quantitative estimate of drug-likeness (QED) is 0.0987. The molecule has 0 aliphatic carbocycles. The van der Waals surface area contributed by atoms with E-state index >= 15 is 0 Å². The van der Waals surface area contributed by atoms with Gasteiger partial charge in [-0.2, -0.15) is 0 Å². The van der Waals surface area contributed by atoms with Crippen molar-refractivity contribution in [2.24, 2.45) is 0 Å². The van der Waals surface area contributed by atoms with Gasteiger partial charge in [-0.1, -0.05) is 95.6 Å². The molecule has 0 bridgehead atoms. The van der Waals surface area contributed by atoms with Crippen molar-refractivity contribution < 1.29 is 39.1 Å². The van der Waals surface area contributed by atoms with Crippen molar-refractivity contribution in [1.82, 2.24) is 5.23 Å². The lowest BCUT2D eigenvalue weighted by atomic mass is 10.0. The largest absolute Gasteiger partial charge is 0.466 e. The number of hydroxylamine groups is 2. The molecule has 0 aromatic heterocycles. The van der Waals surface area contributed by atoms with Gasteiger partial charge < -0.3 is 24.9 Å². The maximum atomic E-state index is 8.88. The van der Waals surface area contributed by atoms with Gasteiger partial charge >= 0.3 is 7.82 Å². The van der Waals surface area contributed by atoms with E-state index in [2.05, 4.69) is 6.92 Å².